The van der Waals surface area contributed by atoms with Crippen LogP contribution in [0.4, 0.5) is 0 Å². The van der Waals surface area contributed by atoms with Gasteiger partial charge in [0.25, 0.3) is 0 Å². The van der Waals surface area contributed by atoms with E-state index in [2.05, 4.69) is 57.2 Å². The molecule has 0 spiro atoms. The molecule has 0 atom stereocenters. The van der Waals surface area contributed by atoms with Crippen molar-refractivity contribution in [1.29, 1.82) is 0 Å². The van der Waals surface area contributed by atoms with E-state index in [0.29, 0.717) is 0 Å². The summed E-state index contributed by atoms with van der Waals surface area (Å²) < 4.78 is 0. The average Bonchev–Trinajstić information content (AvgIpc) is 3.22. The summed E-state index contributed by atoms with van der Waals surface area (Å²) in [5, 5.41) is 30.6. The van der Waals surface area contributed by atoms with Crippen LogP contribution in [0.1, 0.15) is 290 Å². The Balaban J connectivity index is -0.000000396. The Morgan fingerprint density at radius 2 is 0.410 bits per heavy atom. The zero-order valence-corrected chi connectivity index (χ0v) is 43.5. The third kappa shape index (κ3) is 76.4. The summed E-state index contributed by atoms with van der Waals surface area (Å²) in [6.07, 6.45) is 62.7. The molecular weight excluding hydrogens is 833 g/mol. The first kappa shape index (κ1) is 66.3. The van der Waals surface area contributed by atoms with Crippen LogP contribution < -0.4 is 15.3 Å². The monoisotopic (exact) mass is 933 g/mol. The number of carboxylic acids is 3. The molecular formula is C54H99O6Y. The second-order valence-electron chi connectivity index (χ2n) is 17.1. The molecule has 61 heavy (non-hydrogen) atoms. The van der Waals surface area contributed by atoms with Crippen molar-refractivity contribution in [3.05, 3.63) is 36.5 Å². The first-order chi connectivity index (χ1) is 29.3. The van der Waals surface area contributed by atoms with Gasteiger partial charge in [-0.15, -0.1) is 0 Å². The molecule has 0 unspecified atom stereocenters. The fourth-order valence-electron chi connectivity index (χ4n) is 7.02. The van der Waals surface area contributed by atoms with Gasteiger partial charge in [0.2, 0.25) is 0 Å². The predicted molar refractivity (Wildman–Crippen MR) is 253 cm³/mol. The average molecular weight is 933 g/mol. The number of aliphatic carboxylic acids is 3. The second kappa shape index (κ2) is 63.0. The molecule has 0 saturated heterocycles. The van der Waals surface area contributed by atoms with Gasteiger partial charge in [-0.25, -0.2) is 0 Å². The summed E-state index contributed by atoms with van der Waals surface area (Å²) in [5.74, 6) is -2.73. The van der Waals surface area contributed by atoms with Crippen molar-refractivity contribution in [2.45, 2.75) is 290 Å². The number of carboxylic acid groups (broad SMARTS) is 3. The Morgan fingerprint density at radius 3 is 0.574 bits per heavy atom. The van der Waals surface area contributed by atoms with E-state index >= 15 is 0 Å². The summed E-state index contributed by atoms with van der Waals surface area (Å²) in [5.41, 5.74) is 0. The van der Waals surface area contributed by atoms with Gasteiger partial charge in [-0.2, -0.15) is 0 Å². The van der Waals surface area contributed by atoms with Crippen LogP contribution in [-0.4, -0.2) is 17.9 Å². The zero-order chi connectivity index (χ0) is 44.7. The molecule has 0 aliphatic heterocycles. The number of allylic oxidation sites excluding steroid dienone is 6. The standard InChI is InChI=1S/3C18H34O2.Y/c3*1-2-3-4-5-6-7-8-9-10-11-12-13-14-15-16-17-18(19)20;/h3*7-8H,2-6,9-17H2,1H3,(H,19,20);/q;;;+3/p-3/b3*8-7-;. The van der Waals surface area contributed by atoms with Gasteiger partial charge in [-0.05, 0) is 116 Å². The molecule has 0 heterocycles. The Morgan fingerprint density at radius 1 is 0.262 bits per heavy atom. The summed E-state index contributed by atoms with van der Waals surface area (Å²) in [7, 11) is 0. The van der Waals surface area contributed by atoms with E-state index in [1.54, 1.807) is 0 Å². The molecule has 0 aromatic carbocycles. The fraction of sp³-hybridized carbons (Fsp3) is 0.833. The summed E-state index contributed by atoms with van der Waals surface area (Å²) in [6, 6.07) is 0. The van der Waals surface area contributed by atoms with Crippen LogP contribution in [0.3, 0.4) is 0 Å². The van der Waals surface area contributed by atoms with Gasteiger partial charge in [-0.1, -0.05) is 211 Å². The summed E-state index contributed by atoms with van der Waals surface area (Å²) in [4.78, 5) is 30.6. The molecule has 0 aliphatic carbocycles. The SMILES string of the molecule is CCCCCC/C=C\CCCCCCCCCC(=O)[O-].CCCCCC/C=C\CCCCCCCCCC(=O)[O-].CCCCCC/C=C\CCCCCCCCCC(=O)[O-].[Y+3]. The minimum absolute atomic E-state index is 0. The quantitative estimate of drug-likeness (QED) is 0.0443. The second-order valence-corrected chi connectivity index (χ2v) is 17.1. The molecule has 0 aliphatic rings. The fourth-order valence-corrected chi connectivity index (χ4v) is 7.02. The molecule has 7 heteroatoms. The van der Waals surface area contributed by atoms with E-state index in [1.165, 1.54) is 212 Å². The minimum atomic E-state index is -0.911. The van der Waals surface area contributed by atoms with Gasteiger partial charge >= 0.3 is 32.7 Å². The number of carbonyl (C=O) groups excluding carboxylic acids is 3. The van der Waals surface area contributed by atoms with Gasteiger partial charge in [0.05, 0.1) is 0 Å². The van der Waals surface area contributed by atoms with E-state index in [-0.39, 0.29) is 52.0 Å². The molecule has 0 radical (unpaired) electrons. The Hall–Kier alpha value is -1.27. The van der Waals surface area contributed by atoms with Crippen molar-refractivity contribution in [2.75, 3.05) is 0 Å². The van der Waals surface area contributed by atoms with Gasteiger partial charge in [0.15, 0.2) is 0 Å². The summed E-state index contributed by atoms with van der Waals surface area (Å²) in [6.45, 7) is 6.75. The first-order valence-electron chi connectivity index (χ1n) is 25.9. The number of carbonyl (C=O) groups is 3. The Kier molecular flexibility index (Phi) is 68.5. The molecule has 0 fully saturated rings. The van der Waals surface area contributed by atoms with Gasteiger partial charge < -0.3 is 29.7 Å². The molecule has 6 nitrogen and oxygen atoms in total. The van der Waals surface area contributed by atoms with Crippen LogP contribution >= 0.6 is 0 Å². The molecule has 0 amide bonds. The van der Waals surface area contributed by atoms with E-state index < -0.39 is 17.9 Å². The van der Waals surface area contributed by atoms with Crippen molar-refractivity contribution in [2.24, 2.45) is 0 Å². The maximum Gasteiger partial charge on any atom is 3.00 e. The molecule has 0 saturated carbocycles. The largest absolute Gasteiger partial charge is 3.00 e. The topological polar surface area (TPSA) is 120 Å². The number of rotatable bonds is 45. The van der Waals surface area contributed by atoms with E-state index in [4.69, 9.17) is 0 Å². The van der Waals surface area contributed by atoms with Crippen molar-refractivity contribution < 1.29 is 62.4 Å². The molecule has 354 valence electrons. The van der Waals surface area contributed by atoms with Crippen LogP contribution in [-0.2, 0) is 47.1 Å². The van der Waals surface area contributed by atoms with Crippen molar-refractivity contribution in [1.82, 2.24) is 0 Å². The Labute approximate surface area is 404 Å². The van der Waals surface area contributed by atoms with Crippen LogP contribution in [0.2, 0.25) is 0 Å². The van der Waals surface area contributed by atoms with Crippen molar-refractivity contribution in [3.8, 4) is 0 Å². The van der Waals surface area contributed by atoms with Crippen LogP contribution in [0.5, 0.6) is 0 Å². The zero-order valence-electron chi connectivity index (χ0n) is 40.7. The first-order valence-corrected chi connectivity index (χ1v) is 25.9. The molecule has 0 bridgehead atoms. The third-order valence-corrected chi connectivity index (χ3v) is 10.9. The molecule has 0 aromatic rings. The maximum atomic E-state index is 10.2. The number of hydrogen-bond acceptors (Lipinski definition) is 6. The smallest absolute Gasteiger partial charge is 0.550 e. The van der Waals surface area contributed by atoms with Crippen LogP contribution in [0.25, 0.3) is 0 Å². The van der Waals surface area contributed by atoms with E-state index in [1.807, 2.05) is 0 Å². The molecule has 0 N–H and O–H groups in total. The van der Waals surface area contributed by atoms with Crippen molar-refractivity contribution >= 4 is 17.9 Å². The maximum absolute atomic E-state index is 10.2. The van der Waals surface area contributed by atoms with Crippen LogP contribution in [0.15, 0.2) is 36.5 Å². The van der Waals surface area contributed by atoms with Gasteiger partial charge in [0, 0.05) is 17.9 Å². The van der Waals surface area contributed by atoms with Crippen LogP contribution in [0, 0.1) is 0 Å². The minimum Gasteiger partial charge on any atom is -0.550 e. The third-order valence-electron chi connectivity index (χ3n) is 10.9. The molecule has 0 aromatic heterocycles. The normalized spacial score (nSPS) is 11.1. The van der Waals surface area contributed by atoms with Crippen molar-refractivity contribution in [3.63, 3.8) is 0 Å². The summed E-state index contributed by atoms with van der Waals surface area (Å²) >= 11 is 0. The van der Waals surface area contributed by atoms with E-state index in [9.17, 15) is 29.7 Å². The number of hydrogen-bond donors (Lipinski definition) is 0. The van der Waals surface area contributed by atoms with E-state index in [0.717, 1.165) is 38.5 Å². The van der Waals surface area contributed by atoms with Gasteiger partial charge in [0.1, 0.15) is 0 Å². The van der Waals surface area contributed by atoms with Gasteiger partial charge in [-0.3, -0.25) is 0 Å². The molecule has 0 rings (SSSR count). The predicted octanol–water partition coefficient (Wildman–Crippen LogP) is 14.3. The number of unbranched alkanes of at least 4 members (excludes halogenated alkanes) is 33. The Bertz CT molecular complexity index is 827.